The molecule has 0 unspecified atom stereocenters. The molecule has 1 amide bonds. The molecule has 0 bridgehead atoms. The number of nitrogens with zero attached hydrogens (tertiary/aromatic N) is 2. The molecule has 2 heterocycles. The maximum absolute atomic E-state index is 13.0. The van der Waals surface area contributed by atoms with E-state index >= 15 is 0 Å². The number of rotatable bonds is 2. The van der Waals surface area contributed by atoms with Crippen molar-refractivity contribution < 1.29 is 9.36 Å². The number of benzene rings is 1. The van der Waals surface area contributed by atoms with Crippen molar-refractivity contribution in [3.05, 3.63) is 59.9 Å². The molecule has 3 heteroatoms. The number of carbonyl (C=O) groups excluding carboxylic acids is 1. The molecule has 0 N–H and O–H groups in total. The standard InChI is InChI=1S/C18H21N2O/c1-13-8-6-7-11-19(13)15(3)18(21)20-14(2)12-16-9-4-5-10-17(16)20/h4-11,14-15H,12H2,1-3H3/q+1/t14-,15+/m1/s1. The third kappa shape index (κ3) is 2.33. The van der Waals surface area contributed by atoms with Crippen LogP contribution in [0.3, 0.4) is 0 Å². The summed E-state index contributed by atoms with van der Waals surface area (Å²) in [6.45, 7) is 6.13. The Morgan fingerprint density at radius 2 is 1.95 bits per heavy atom. The predicted octanol–water partition coefficient (Wildman–Crippen LogP) is 2.82. The van der Waals surface area contributed by atoms with Crippen molar-refractivity contribution in [3.8, 4) is 0 Å². The van der Waals surface area contributed by atoms with Crippen molar-refractivity contribution in [2.45, 2.75) is 39.3 Å². The molecule has 2 aromatic rings. The first-order valence-electron chi connectivity index (χ1n) is 7.47. The second-order valence-electron chi connectivity index (χ2n) is 5.82. The molecule has 21 heavy (non-hydrogen) atoms. The minimum atomic E-state index is -0.195. The zero-order valence-electron chi connectivity index (χ0n) is 12.8. The van der Waals surface area contributed by atoms with Crippen molar-refractivity contribution in [2.75, 3.05) is 4.90 Å². The quantitative estimate of drug-likeness (QED) is 0.777. The number of aryl methyl sites for hydroxylation is 1. The number of anilines is 1. The van der Waals surface area contributed by atoms with E-state index in [1.807, 2.05) is 65.9 Å². The van der Waals surface area contributed by atoms with Crippen LogP contribution in [0.25, 0.3) is 0 Å². The van der Waals surface area contributed by atoms with Gasteiger partial charge in [0.25, 0.3) is 5.91 Å². The summed E-state index contributed by atoms with van der Waals surface area (Å²) in [7, 11) is 0. The highest BCUT2D eigenvalue weighted by Gasteiger charge is 2.36. The Hall–Kier alpha value is -2.16. The zero-order valence-corrected chi connectivity index (χ0v) is 12.8. The molecule has 3 nitrogen and oxygen atoms in total. The molecule has 1 aliphatic rings. The lowest BCUT2D eigenvalue weighted by atomic mass is 10.1. The summed E-state index contributed by atoms with van der Waals surface area (Å²) >= 11 is 0. The van der Waals surface area contributed by atoms with Crippen LogP contribution in [0.5, 0.6) is 0 Å². The van der Waals surface area contributed by atoms with Crippen LogP contribution in [-0.2, 0) is 11.2 Å². The molecule has 0 fully saturated rings. The molecule has 1 aliphatic heterocycles. The number of pyridine rings is 1. The number of hydrogen-bond acceptors (Lipinski definition) is 1. The maximum atomic E-state index is 13.0. The van der Waals surface area contributed by atoms with Gasteiger partial charge in [0.1, 0.15) is 0 Å². The van der Waals surface area contributed by atoms with E-state index in [1.54, 1.807) is 0 Å². The van der Waals surface area contributed by atoms with Crippen LogP contribution in [0.2, 0.25) is 0 Å². The average molecular weight is 281 g/mol. The Morgan fingerprint density at radius 3 is 2.71 bits per heavy atom. The summed E-state index contributed by atoms with van der Waals surface area (Å²) in [5.41, 5.74) is 3.43. The van der Waals surface area contributed by atoms with Gasteiger partial charge in [0.05, 0.1) is 0 Å². The Labute approximate surface area is 125 Å². The summed E-state index contributed by atoms with van der Waals surface area (Å²) < 4.78 is 2.04. The number of hydrogen-bond donors (Lipinski definition) is 0. The van der Waals surface area contributed by atoms with Crippen molar-refractivity contribution in [3.63, 3.8) is 0 Å². The fraction of sp³-hybridized carbons (Fsp3) is 0.333. The van der Waals surface area contributed by atoms with Gasteiger partial charge in [-0.2, -0.15) is 4.57 Å². The van der Waals surface area contributed by atoms with Crippen LogP contribution < -0.4 is 9.47 Å². The predicted molar refractivity (Wildman–Crippen MR) is 83.2 cm³/mol. The minimum Gasteiger partial charge on any atom is -0.303 e. The Balaban J connectivity index is 1.94. The van der Waals surface area contributed by atoms with E-state index in [9.17, 15) is 4.79 Å². The van der Waals surface area contributed by atoms with Crippen LogP contribution in [0, 0.1) is 6.92 Å². The van der Waals surface area contributed by atoms with Crippen LogP contribution in [0.15, 0.2) is 48.7 Å². The van der Waals surface area contributed by atoms with Gasteiger partial charge in [-0.25, -0.2) is 0 Å². The summed E-state index contributed by atoms with van der Waals surface area (Å²) in [6.07, 6.45) is 2.91. The first kappa shape index (κ1) is 13.8. The van der Waals surface area contributed by atoms with E-state index in [0.29, 0.717) is 0 Å². The molecule has 108 valence electrons. The first-order chi connectivity index (χ1) is 10.1. The molecule has 1 aromatic heterocycles. The van der Waals surface area contributed by atoms with E-state index in [-0.39, 0.29) is 18.0 Å². The Morgan fingerprint density at radius 1 is 1.24 bits per heavy atom. The fourth-order valence-corrected chi connectivity index (χ4v) is 3.20. The highest BCUT2D eigenvalue weighted by atomic mass is 16.2. The molecule has 0 saturated heterocycles. The fourth-order valence-electron chi connectivity index (χ4n) is 3.20. The zero-order chi connectivity index (χ0) is 15.0. The van der Waals surface area contributed by atoms with Gasteiger partial charge in [-0.3, -0.25) is 4.79 Å². The van der Waals surface area contributed by atoms with Gasteiger partial charge >= 0.3 is 0 Å². The van der Waals surface area contributed by atoms with Crippen molar-refractivity contribution in [2.24, 2.45) is 0 Å². The Bertz CT molecular complexity index is 680. The Kier molecular flexibility index (Phi) is 3.50. The molecule has 1 aromatic carbocycles. The van der Waals surface area contributed by atoms with E-state index in [0.717, 1.165) is 17.8 Å². The molecule has 0 radical (unpaired) electrons. The van der Waals surface area contributed by atoms with Gasteiger partial charge in [-0.15, -0.1) is 0 Å². The number of amides is 1. The van der Waals surface area contributed by atoms with Crippen LogP contribution in [0.1, 0.15) is 31.1 Å². The van der Waals surface area contributed by atoms with Crippen molar-refractivity contribution in [1.82, 2.24) is 0 Å². The largest absolute Gasteiger partial charge is 0.303 e. The number of para-hydroxylation sites is 1. The van der Waals surface area contributed by atoms with Gasteiger partial charge < -0.3 is 4.90 Å². The van der Waals surface area contributed by atoms with E-state index in [4.69, 9.17) is 0 Å². The summed E-state index contributed by atoms with van der Waals surface area (Å²) in [4.78, 5) is 14.9. The summed E-state index contributed by atoms with van der Waals surface area (Å²) in [6, 6.07) is 14.2. The van der Waals surface area contributed by atoms with Gasteiger partial charge in [-0.1, -0.05) is 24.3 Å². The minimum absolute atomic E-state index is 0.159. The summed E-state index contributed by atoms with van der Waals surface area (Å²) in [5, 5.41) is 0. The third-order valence-corrected chi connectivity index (χ3v) is 4.32. The second kappa shape index (κ2) is 5.32. The molecule has 0 saturated carbocycles. The van der Waals surface area contributed by atoms with Crippen LogP contribution in [-0.4, -0.2) is 11.9 Å². The van der Waals surface area contributed by atoms with Crippen LogP contribution >= 0.6 is 0 Å². The van der Waals surface area contributed by atoms with Gasteiger partial charge in [0, 0.05) is 37.7 Å². The topological polar surface area (TPSA) is 24.2 Å². The van der Waals surface area contributed by atoms with Crippen molar-refractivity contribution in [1.29, 1.82) is 0 Å². The van der Waals surface area contributed by atoms with Gasteiger partial charge in [0.2, 0.25) is 6.04 Å². The smallest absolute Gasteiger partial charge is 0.296 e. The average Bonchev–Trinajstić information content (AvgIpc) is 2.82. The molecule has 2 atom stereocenters. The third-order valence-electron chi connectivity index (χ3n) is 4.32. The highest BCUT2D eigenvalue weighted by Crippen LogP contribution is 2.32. The lowest BCUT2D eigenvalue weighted by Gasteiger charge is -2.24. The lowest BCUT2D eigenvalue weighted by molar-refractivity contribution is -0.711. The number of carbonyl (C=O) groups is 1. The molecule has 3 rings (SSSR count). The SMILES string of the molecule is Cc1cccc[n+]1[C@@H](C)C(=O)N1c2ccccc2C[C@H]1C. The molecular formula is C18H21N2O+. The van der Waals surface area contributed by atoms with Crippen molar-refractivity contribution >= 4 is 11.6 Å². The maximum Gasteiger partial charge on any atom is 0.296 e. The van der Waals surface area contributed by atoms with E-state index < -0.39 is 0 Å². The second-order valence-corrected chi connectivity index (χ2v) is 5.82. The van der Waals surface area contributed by atoms with Gasteiger partial charge in [0.15, 0.2) is 11.9 Å². The molecule has 0 aliphatic carbocycles. The monoisotopic (exact) mass is 281 g/mol. The number of aromatic nitrogens is 1. The van der Waals surface area contributed by atoms with E-state index in [2.05, 4.69) is 13.0 Å². The highest BCUT2D eigenvalue weighted by molar-refractivity contribution is 5.97. The van der Waals surface area contributed by atoms with E-state index in [1.165, 1.54) is 5.56 Å². The first-order valence-corrected chi connectivity index (χ1v) is 7.47. The van der Waals surface area contributed by atoms with Gasteiger partial charge in [-0.05, 0) is 25.0 Å². The summed E-state index contributed by atoms with van der Waals surface area (Å²) in [5.74, 6) is 0.159. The van der Waals surface area contributed by atoms with Crippen LogP contribution in [0.4, 0.5) is 5.69 Å². The normalized spacial score (nSPS) is 18.4. The lowest BCUT2D eigenvalue weighted by Crippen LogP contribution is -2.51. The molecular weight excluding hydrogens is 260 g/mol. The number of fused-ring (bicyclic) bond motifs is 1. The molecule has 0 spiro atoms.